The van der Waals surface area contributed by atoms with Gasteiger partial charge in [0.2, 0.25) is 0 Å². The maximum Gasteiger partial charge on any atom is 0.261 e. The number of amides is 1. The summed E-state index contributed by atoms with van der Waals surface area (Å²) in [5, 5.41) is 2.95. The molecule has 0 spiro atoms. The van der Waals surface area contributed by atoms with E-state index in [0.29, 0.717) is 28.3 Å². The number of hydrogen-bond acceptors (Lipinski definition) is 5. The van der Waals surface area contributed by atoms with Crippen molar-refractivity contribution in [1.82, 2.24) is 5.32 Å². The van der Waals surface area contributed by atoms with Gasteiger partial charge in [0, 0.05) is 11.1 Å². The van der Waals surface area contributed by atoms with Crippen molar-refractivity contribution in [3.05, 3.63) is 82.9 Å². The minimum Gasteiger partial charge on any atom is -0.497 e. The van der Waals surface area contributed by atoms with Gasteiger partial charge in [-0.15, -0.1) is 0 Å². The van der Waals surface area contributed by atoms with E-state index in [9.17, 15) is 13.2 Å². The molecule has 0 fully saturated rings. The zero-order chi connectivity index (χ0) is 24.2. The van der Waals surface area contributed by atoms with Crippen LogP contribution in [0.15, 0.2) is 65.6 Å². The molecular formula is C25H28N2O5S. The minimum atomic E-state index is -3.73. The molecule has 0 aromatic heterocycles. The Morgan fingerprint density at radius 3 is 2.21 bits per heavy atom. The molecule has 7 nitrogen and oxygen atoms in total. The zero-order valence-corrected chi connectivity index (χ0v) is 20.1. The first-order valence-corrected chi connectivity index (χ1v) is 11.9. The van der Waals surface area contributed by atoms with Gasteiger partial charge in [-0.2, -0.15) is 0 Å². The molecule has 0 saturated carbocycles. The predicted molar refractivity (Wildman–Crippen MR) is 129 cm³/mol. The molecule has 33 heavy (non-hydrogen) atoms. The van der Waals surface area contributed by atoms with Gasteiger partial charge in [0.15, 0.2) is 0 Å². The van der Waals surface area contributed by atoms with Crippen LogP contribution in [0.5, 0.6) is 11.5 Å². The monoisotopic (exact) mass is 468 g/mol. The quantitative estimate of drug-likeness (QED) is 0.503. The highest BCUT2D eigenvalue weighted by atomic mass is 32.2. The lowest BCUT2D eigenvalue weighted by atomic mass is 10.0. The molecule has 174 valence electrons. The van der Waals surface area contributed by atoms with Crippen molar-refractivity contribution >= 4 is 21.6 Å². The number of rotatable bonds is 8. The highest BCUT2D eigenvalue weighted by molar-refractivity contribution is 7.92. The Hall–Kier alpha value is -3.52. The third-order valence-electron chi connectivity index (χ3n) is 5.32. The summed E-state index contributed by atoms with van der Waals surface area (Å²) in [5.74, 6) is 1.01. The summed E-state index contributed by atoms with van der Waals surface area (Å²) in [5.41, 5.74) is 3.21. The van der Waals surface area contributed by atoms with Crippen LogP contribution in [0.25, 0.3) is 0 Å². The largest absolute Gasteiger partial charge is 0.497 e. The number of carbonyl (C=O) groups excluding carboxylic acids is 1. The molecule has 0 heterocycles. The van der Waals surface area contributed by atoms with Crippen molar-refractivity contribution < 1.29 is 22.7 Å². The van der Waals surface area contributed by atoms with E-state index in [1.807, 2.05) is 19.9 Å². The van der Waals surface area contributed by atoms with E-state index in [-0.39, 0.29) is 16.8 Å². The average Bonchev–Trinajstić information content (AvgIpc) is 2.80. The Morgan fingerprint density at radius 1 is 0.909 bits per heavy atom. The number of ether oxygens (including phenoxy) is 2. The predicted octanol–water partition coefficient (Wildman–Crippen LogP) is 4.61. The van der Waals surface area contributed by atoms with Crippen molar-refractivity contribution in [1.29, 1.82) is 0 Å². The Balaban J connectivity index is 1.77. The Bertz CT molecular complexity index is 1250. The van der Waals surface area contributed by atoms with Crippen LogP contribution in [-0.4, -0.2) is 28.5 Å². The number of hydrogen-bond donors (Lipinski definition) is 2. The van der Waals surface area contributed by atoms with Gasteiger partial charge in [-0.05, 0) is 74.9 Å². The van der Waals surface area contributed by atoms with E-state index in [4.69, 9.17) is 9.47 Å². The number of anilines is 1. The van der Waals surface area contributed by atoms with Crippen LogP contribution in [0.4, 0.5) is 5.69 Å². The molecule has 0 saturated heterocycles. The fourth-order valence-corrected chi connectivity index (χ4v) is 4.51. The molecule has 0 bridgehead atoms. The normalized spacial score (nSPS) is 12.0. The van der Waals surface area contributed by atoms with Gasteiger partial charge in [0.05, 0.1) is 30.8 Å². The van der Waals surface area contributed by atoms with Gasteiger partial charge < -0.3 is 14.8 Å². The molecule has 3 aromatic carbocycles. The zero-order valence-electron chi connectivity index (χ0n) is 19.3. The summed E-state index contributed by atoms with van der Waals surface area (Å²) < 4.78 is 38.6. The van der Waals surface area contributed by atoms with Crippen LogP contribution < -0.4 is 19.5 Å². The lowest BCUT2D eigenvalue weighted by Crippen LogP contribution is -2.27. The maximum atomic E-state index is 12.9. The fourth-order valence-electron chi connectivity index (χ4n) is 3.38. The smallest absolute Gasteiger partial charge is 0.261 e. The molecule has 0 aliphatic rings. The number of benzene rings is 3. The minimum absolute atomic E-state index is 0.176. The molecule has 1 atom stereocenters. The summed E-state index contributed by atoms with van der Waals surface area (Å²) in [6.45, 7) is 5.49. The lowest BCUT2D eigenvalue weighted by Gasteiger charge is -2.19. The summed E-state index contributed by atoms with van der Waals surface area (Å²) in [6, 6.07) is 16.5. The van der Waals surface area contributed by atoms with Crippen molar-refractivity contribution in [2.45, 2.75) is 31.7 Å². The number of sulfonamides is 1. The average molecular weight is 469 g/mol. The Morgan fingerprint density at radius 2 is 1.61 bits per heavy atom. The van der Waals surface area contributed by atoms with Crippen molar-refractivity contribution in [2.75, 3.05) is 18.9 Å². The Kier molecular flexibility index (Phi) is 7.28. The second-order valence-electron chi connectivity index (χ2n) is 7.75. The van der Waals surface area contributed by atoms with Gasteiger partial charge in [0.25, 0.3) is 15.9 Å². The SMILES string of the molecule is COc1ccc(OC)c([C@@H](C)NC(=O)c2ccc(NS(=O)(=O)c3ccc(C)cc3)c(C)c2)c1. The highest BCUT2D eigenvalue weighted by Crippen LogP contribution is 2.29. The molecule has 0 aliphatic carbocycles. The van der Waals surface area contributed by atoms with Gasteiger partial charge in [-0.3, -0.25) is 9.52 Å². The first-order valence-electron chi connectivity index (χ1n) is 10.4. The first-order chi connectivity index (χ1) is 15.6. The van der Waals surface area contributed by atoms with Crippen LogP contribution in [0.2, 0.25) is 0 Å². The number of nitrogens with one attached hydrogen (secondary N) is 2. The first kappa shape index (κ1) is 24.1. The van der Waals surface area contributed by atoms with Gasteiger partial charge in [-0.1, -0.05) is 17.7 Å². The summed E-state index contributed by atoms with van der Waals surface area (Å²) >= 11 is 0. The third-order valence-corrected chi connectivity index (χ3v) is 6.70. The van der Waals surface area contributed by atoms with Crippen molar-refractivity contribution in [2.24, 2.45) is 0 Å². The lowest BCUT2D eigenvalue weighted by molar-refractivity contribution is 0.0939. The molecular weight excluding hydrogens is 440 g/mol. The topological polar surface area (TPSA) is 93.7 Å². The standard InChI is InChI=1S/C25H28N2O5S/c1-16-6-10-21(11-7-16)33(29,30)27-23-12-8-19(14-17(23)2)25(28)26-18(3)22-15-20(31-4)9-13-24(22)32-5/h6-15,18,27H,1-5H3,(H,26,28)/t18-/m1/s1. The second-order valence-corrected chi connectivity index (χ2v) is 9.43. The van der Waals surface area contributed by atoms with E-state index in [1.54, 1.807) is 75.7 Å². The van der Waals surface area contributed by atoms with Crippen molar-refractivity contribution in [3.63, 3.8) is 0 Å². The second kappa shape index (κ2) is 9.95. The molecule has 1 amide bonds. The van der Waals surface area contributed by atoms with Crippen LogP contribution >= 0.6 is 0 Å². The van der Waals surface area contributed by atoms with Crippen LogP contribution in [0.3, 0.4) is 0 Å². The molecule has 0 radical (unpaired) electrons. The molecule has 8 heteroatoms. The van der Waals surface area contributed by atoms with Crippen LogP contribution in [0, 0.1) is 13.8 Å². The molecule has 2 N–H and O–H groups in total. The summed E-state index contributed by atoms with van der Waals surface area (Å²) in [7, 11) is -0.587. The Labute approximate surface area is 194 Å². The third kappa shape index (κ3) is 5.64. The number of carbonyl (C=O) groups is 1. The van der Waals surface area contributed by atoms with E-state index in [0.717, 1.165) is 11.1 Å². The van der Waals surface area contributed by atoms with Crippen LogP contribution in [0.1, 0.15) is 40.0 Å². The van der Waals surface area contributed by atoms with E-state index in [1.165, 1.54) is 0 Å². The molecule has 3 aromatic rings. The van der Waals surface area contributed by atoms with Crippen LogP contribution in [-0.2, 0) is 10.0 Å². The van der Waals surface area contributed by atoms with E-state index < -0.39 is 10.0 Å². The van der Waals surface area contributed by atoms with Gasteiger partial charge in [-0.25, -0.2) is 8.42 Å². The number of methoxy groups -OCH3 is 2. The highest BCUT2D eigenvalue weighted by Gasteiger charge is 2.19. The van der Waals surface area contributed by atoms with Gasteiger partial charge >= 0.3 is 0 Å². The fraction of sp³-hybridized carbons (Fsp3) is 0.240. The van der Waals surface area contributed by atoms with E-state index >= 15 is 0 Å². The summed E-state index contributed by atoms with van der Waals surface area (Å²) in [4.78, 5) is 13.0. The molecule has 0 aliphatic heterocycles. The summed E-state index contributed by atoms with van der Waals surface area (Å²) in [6.07, 6.45) is 0. The molecule has 0 unspecified atom stereocenters. The van der Waals surface area contributed by atoms with E-state index in [2.05, 4.69) is 10.0 Å². The van der Waals surface area contributed by atoms with Crippen molar-refractivity contribution in [3.8, 4) is 11.5 Å². The molecule has 3 rings (SSSR count). The number of aryl methyl sites for hydroxylation is 2. The van der Waals surface area contributed by atoms with Gasteiger partial charge in [0.1, 0.15) is 11.5 Å². The maximum absolute atomic E-state index is 12.9.